The standard InChI is InChI=1S/C7H5F2NO3/c8-6(9)5-3(7(12)13)1-2-4(11)10-5/h1-2,6H,(H,10,11)(H,12,13). The maximum atomic E-state index is 12.1. The summed E-state index contributed by atoms with van der Waals surface area (Å²) in [6.07, 6.45) is -3.00. The van der Waals surface area contributed by atoms with Crippen LogP contribution in [0.3, 0.4) is 0 Å². The lowest BCUT2D eigenvalue weighted by atomic mass is 10.2. The van der Waals surface area contributed by atoms with Gasteiger partial charge in [0.15, 0.2) is 0 Å². The highest BCUT2D eigenvalue weighted by Gasteiger charge is 2.18. The van der Waals surface area contributed by atoms with Crippen molar-refractivity contribution >= 4 is 5.97 Å². The fourth-order valence-corrected chi connectivity index (χ4v) is 0.849. The van der Waals surface area contributed by atoms with Gasteiger partial charge in [-0.05, 0) is 6.07 Å². The Morgan fingerprint density at radius 3 is 2.54 bits per heavy atom. The first-order valence-corrected chi connectivity index (χ1v) is 3.27. The van der Waals surface area contributed by atoms with Crippen LogP contribution >= 0.6 is 0 Å². The molecule has 0 spiro atoms. The molecule has 0 aliphatic rings. The second-order valence-electron chi connectivity index (χ2n) is 2.26. The zero-order valence-electron chi connectivity index (χ0n) is 6.25. The van der Waals surface area contributed by atoms with Crippen LogP contribution < -0.4 is 5.56 Å². The highest BCUT2D eigenvalue weighted by molar-refractivity contribution is 5.88. The van der Waals surface area contributed by atoms with E-state index in [0.29, 0.717) is 0 Å². The molecule has 0 radical (unpaired) electrons. The van der Waals surface area contributed by atoms with Crippen molar-refractivity contribution in [3.8, 4) is 0 Å². The van der Waals surface area contributed by atoms with Crippen molar-refractivity contribution in [3.63, 3.8) is 0 Å². The molecule has 4 nitrogen and oxygen atoms in total. The Balaban J connectivity index is 3.35. The molecular formula is C7H5F2NO3. The van der Waals surface area contributed by atoms with Crippen LogP contribution in [-0.4, -0.2) is 16.1 Å². The number of carboxylic acid groups (broad SMARTS) is 1. The van der Waals surface area contributed by atoms with Crippen molar-refractivity contribution in [1.29, 1.82) is 0 Å². The predicted octanol–water partition coefficient (Wildman–Crippen LogP) is 1.01. The summed E-state index contributed by atoms with van der Waals surface area (Å²) in [5.74, 6) is -1.49. The van der Waals surface area contributed by atoms with Crippen LogP contribution in [0.1, 0.15) is 22.5 Å². The number of halogens is 2. The van der Waals surface area contributed by atoms with E-state index in [2.05, 4.69) is 0 Å². The lowest BCUT2D eigenvalue weighted by Gasteiger charge is -2.02. The monoisotopic (exact) mass is 189 g/mol. The SMILES string of the molecule is O=C(O)c1ccc(=O)[nH]c1C(F)F. The average molecular weight is 189 g/mol. The minimum atomic E-state index is -3.00. The van der Waals surface area contributed by atoms with Crippen molar-refractivity contribution in [1.82, 2.24) is 4.98 Å². The van der Waals surface area contributed by atoms with Gasteiger partial charge in [-0.2, -0.15) is 0 Å². The van der Waals surface area contributed by atoms with Crippen LogP contribution in [0.2, 0.25) is 0 Å². The van der Waals surface area contributed by atoms with E-state index < -0.39 is 29.2 Å². The summed E-state index contributed by atoms with van der Waals surface area (Å²) < 4.78 is 24.3. The van der Waals surface area contributed by atoms with Crippen molar-refractivity contribution < 1.29 is 18.7 Å². The Hall–Kier alpha value is -1.72. The van der Waals surface area contributed by atoms with E-state index in [0.717, 1.165) is 12.1 Å². The minimum Gasteiger partial charge on any atom is -0.478 e. The first-order chi connectivity index (χ1) is 6.02. The molecule has 2 N–H and O–H groups in total. The van der Waals surface area contributed by atoms with E-state index in [-0.39, 0.29) is 0 Å². The van der Waals surface area contributed by atoms with Crippen LogP contribution in [0.5, 0.6) is 0 Å². The summed E-state index contributed by atoms with van der Waals surface area (Å²) in [4.78, 5) is 22.7. The van der Waals surface area contributed by atoms with Gasteiger partial charge in [-0.25, -0.2) is 13.6 Å². The summed E-state index contributed by atoms with van der Waals surface area (Å²) in [5.41, 5.74) is -2.20. The van der Waals surface area contributed by atoms with E-state index in [1.54, 1.807) is 4.98 Å². The van der Waals surface area contributed by atoms with Gasteiger partial charge >= 0.3 is 5.97 Å². The van der Waals surface area contributed by atoms with Crippen LogP contribution in [0, 0.1) is 0 Å². The van der Waals surface area contributed by atoms with Crippen molar-refractivity contribution in [2.45, 2.75) is 6.43 Å². The van der Waals surface area contributed by atoms with Crippen LogP contribution in [0.25, 0.3) is 0 Å². The number of carbonyl (C=O) groups is 1. The molecule has 70 valence electrons. The third kappa shape index (κ3) is 1.90. The van der Waals surface area contributed by atoms with Gasteiger partial charge in [-0.15, -0.1) is 0 Å². The number of carboxylic acids is 1. The number of aromatic amines is 1. The van der Waals surface area contributed by atoms with Gasteiger partial charge < -0.3 is 10.1 Å². The average Bonchev–Trinajstić information content (AvgIpc) is 2.03. The maximum Gasteiger partial charge on any atom is 0.337 e. The number of hydrogen-bond acceptors (Lipinski definition) is 2. The summed E-state index contributed by atoms with van der Waals surface area (Å²) >= 11 is 0. The summed E-state index contributed by atoms with van der Waals surface area (Å²) in [5, 5.41) is 8.45. The fraction of sp³-hybridized carbons (Fsp3) is 0.143. The van der Waals surface area contributed by atoms with E-state index >= 15 is 0 Å². The number of aromatic carboxylic acids is 1. The highest BCUT2D eigenvalue weighted by Crippen LogP contribution is 2.18. The van der Waals surface area contributed by atoms with E-state index in [1.807, 2.05) is 0 Å². The molecule has 0 unspecified atom stereocenters. The van der Waals surface area contributed by atoms with Gasteiger partial charge in [0.25, 0.3) is 6.43 Å². The Morgan fingerprint density at radius 2 is 2.08 bits per heavy atom. The lowest BCUT2D eigenvalue weighted by molar-refractivity contribution is 0.0682. The Kier molecular flexibility index (Phi) is 2.41. The summed E-state index contributed by atoms with van der Waals surface area (Å²) in [7, 11) is 0. The normalized spacial score (nSPS) is 10.4. The highest BCUT2D eigenvalue weighted by atomic mass is 19.3. The molecule has 0 saturated carbocycles. The van der Waals surface area contributed by atoms with Gasteiger partial charge in [-0.3, -0.25) is 4.79 Å². The zero-order chi connectivity index (χ0) is 10.0. The Bertz CT molecular complexity index is 386. The number of H-pyrrole nitrogens is 1. The van der Waals surface area contributed by atoms with E-state index in [4.69, 9.17) is 5.11 Å². The molecule has 1 aromatic heterocycles. The van der Waals surface area contributed by atoms with Crippen LogP contribution in [-0.2, 0) is 0 Å². The smallest absolute Gasteiger partial charge is 0.337 e. The first kappa shape index (κ1) is 9.37. The molecule has 0 saturated heterocycles. The molecule has 13 heavy (non-hydrogen) atoms. The van der Waals surface area contributed by atoms with Crippen molar-refractivity contribution in [2.75, 3.05) is 0 Å². The van der Waals surface area contributed by atoms with Gasteiger partial charge in [0.05, 0.1) is 11.3 Å². The number of aromatic nitrogens is 1. The quantitative estimate of drug-likeness (QED) is 0.729. The van der Waals surface area contributed by atoms with Gasteiger partial charge in [0.2, 0.25) is 5.56 Å². The molecule has 1 heterocycles. The number of alkyl halides is 2. The third-order valence-corrected chi connectivity index (χ3v) is 1.40. The van der Waals surface area contributed by atoms with Gasteiger partial charge in [0, 0.05) is 6.07 Å². The molecule has 0 aromatic carbocycles. The van der Waals surface area contributed by atoms with Crippen molar-refractivity contribution in [3.05, 3.63) is 33.7 Å². The van der Waals surface area contributed by atoms with Crippen LogP contribution in [0.4, 0.5) is 8.78 Å². The maximum absolute atomic E-state index is 12.1. The number of nitrogens with one attached hydrogen (secondary N) is 1. The molecule has 0 bridgehead atoms. The van der Waals surface area contributed by atoms with E-state index in [1.165, 1.54) is 0 Å². The molecule has 1 aromatic rings. The second kappa shape index (κ2) is 3.34. The van der Waals surface area contributed by atoms with Gasteiger partial charge in [-0.1, -0.05) is 0 Å². The molecule has 0 atom stereocenters. The van der Waals surface area contributed by atoms with Crippen molar-refractivity contribution in [2.24, 2.45) is 0 Å². The largest absolute Gasteiger partial charge is 0.478 e. The summed E-state index contributed by atoms with van der Waals surface area (Å²) in [6, 6.07) is 1.73. The number of hydrogen-bond donors (Lipinski definition) is 2. The molecule has 0 aliphatic heterocycles. The number of pyridine rings is 1. The lowest BCUT2D eigenvalue weighted by Crippen LogP contribution is -2.13. The van der Waals surface area contributed by atoms with Crippen LogP contribution in [0.15, 0.2) is 16.9 Å². The molecule has 6 heteroatoms. The number of rotatable bonds is 2. The molecular weight excluding hydrogens is 184 g/mol. The topological polar surface area (TPSA) is 70.2 Å². The van der Waals surface area contributed by atoms with E-state index in [9.17, 15) is 18.4 Å². The minimum absolute atomic E-state index is 0.588. The molecule has 0 aliphatic carbocycles. The molecule has 0 amide bonds. The summed E-state index contributed by atoms with van der Waals surface area (Å²) in [6.45, 7) is 0. The Labute approximate surface area is 70.8 Å². The van der Waals surface area contributed by atoms with Gasteiger partial charge in [0.1, 0.15) is 0 Å². The third-order valence-electron chi connectivity index (χ3n) is 1.40. The molecule has 0 fully saturated rings. The first-order valence-electron chi connectivity index (χ1n) is 3.27. The second-order valence-corrected chi connectivity index (χ2v) is 2.26. The molecule has 1 rings (SSSR count). The zero-order valence-corrected chi connectivity index (χ0v) is 6.25. The Morgan fingerprint density at radius 1 is 1.46 bits per heavy atom. The predicted molar refractivity (Wildman–Crippen MR) is 39.0 cm³/mol. The fourth-order valence-electron chi connectivity index (χ4n) is 0.849.